The monoisotopic (exact) mass is 391 g/mol. The number of benzene rings is 3. The molecular formula is C25H30NOP. The van der Waals surface area contributed by atoms with E-state index in [4.69, 9.17) is 0 Å². The van der Waals surface area contributed by atoms with Gasteiger partial charge in [0.15, 0.2) is 0 Å². The van der Waals surface area contributed by atoms with Crippen LogP contribution in [0, 0.1) is 6.92 Å². The Morgan fingerprint density at radius 1 is 0.893 bits per heavy atom. The first-order valence-electron chi connectivity index (χ1n) is 10.0. The third kappa shape index (κ3) is 4.56. The maximum atomic E-state index is 10.5. The molecule has 28 heavy (non-hydrogen) atoms. The van der Waals surface area contributed by atoms with Crippen LogP contribution in [0.2, 0.25) is 0 Å². The molecule has 3 rings (SSSR count). The van der Waals surface area contributed by atoms with Crippen molar-refractivity contribution in [1.29, 1.82) is 0 Å². The second kappa shape index (κ2) is 9.26. The lowest BCUT2D eigenvalue weighted by molar-refractivity contribution is 0.448. The molecule has 0 saturated heterocycles. The molecular weight excluding hydrogens is 361 g/mol. The fourth-order valence-corrected chi connectivity index (χ4v) is 5.46. The van der Waals surface area contributed by atoms with Crippen molar-refractivity contribution < 1.29 is 5.11 Å². The predicted octanol–water partition coefficient (Wildman–Crippen LogP) is 6.33. The highest BCUT2D eigenvalue weighted by Gasteiger charge is 2.31. The fourth-order valence-electron chi connectivity index (χ4n) is 3.76. The van der Waals surface area contributed by atoms with Crippen molar-refractivity contribution in [3.8, 4) is 5.75 Å². The topological polar surface area (TPSA) is 32.3 Å². The second-order valence-electron chi connectivity index (χ2n) is 7.31. The number of hydrogen-bond donors (Lipinski definition) is 2. The Kier molecular flexibility index (Phi) is 6.75. The SMILES string of the molecule is CCC(CC)(Pc1ccc(C)cc1CNc1ccccc1)c1ccccc1O. The minimum absolute atomic E-state index is 0.0396. The third-order valence-corrected chi connectivity index (χ3v) is 7.73. The van der Waals surface area contributed by atoms with Crippen molar-refractivity contribution in [2.75, 3.05) is 5.32 Å². The number of nitrogens with one attached hydrogen (secondary N) is 1. The van der Waals surface area contributed by atoms with E-state index in [2.05, 4.69) is 74.6 Å². The minimum atomic E-state index is -0.0396. The molecule has 0 radical (unpaired) electrons. The van der Waals surface area contributed by atoms with Crippen molar-refractivity contribution >= 4 is 19.6 Å². The predicted molar refractivity (Wildman–Crippen MR) is 123 cm³/mol. The van der Waals surface area contributed by atoms with E-state index in [1.54, 1.807) is 0 Å². The Bertz CT molecular complexity index is 903. The first-order valence-corrected chi connectivity index (χ1v) is 11.0. The van der Waals surface area contributed by atoms with E-state index in [1.165, 1.54) is 16.4 Å². The molecule has 0 fully saturated rings. The van der Waals surface area contributed by atoms with E-state index in [-0.39, 0.29) is 5.16 Å². The molecule has 3 aromatic carbocycles. The molecule has 1 atom stereocenters. The molecule has 0 amide bonds. The van der Waals surface area contributed by atoms with Gasteiger partial charge in [0.1, 0.15) is 5.75 Å². The van der Waals surface area contributed by atoms with Crippen LogP contribution in [0.5, 0.6) is 5.75 Å². The number of aryl methyl sites for hydroxylation is 1. The van der Waals surface area contributed by atoms with Crippen LogP contribution < -0.4 is 10.6 Å². The fraction of sp³-hybridized carbons (Fsp3) is 0.280. The van der Waals surface area contributed by atoms with E-state index in [9.17, 15) is 5.11 Å². The molecule has 146 valence electrons. The van der Waals surface area contributed by atoms with Gasteiger partial charge >= 0.3 is 0 Å². The first kappa shape index (κ1) is 20.4. The van der Waals surface area contributed by atoms with Gasteiger partial charge in [-0.3, -0.25) is 0 Å². The molecule has 2 nitrogen and oxygen atoms in total. The summed E-state index contributed by atoms with van der Waals surface area (Å²) in [7, 11) is 0.602. The summed E-state index contributed by atoms with van der Waals surface area (Å²) in [5.41, 5.74) is 4.82. The highest BCUT2D eigenvalue weighted by atomic mass is 31.1. The maximum Gasteiger partial charge on any atom is 0.119 e. The van der Waals surface area contributed by atoms with Crippen LogP contribution >= 0.6 is 8.58 Å². The van der Waals surface area contributed by atoms with Crippen molar-refractivity contribution in [3.63, 3.8) is 0 Å². The Balaban J connectivity index is 1.92. The molecule has 3 aromatic rings. The molecule has 0 bridgehead atoms. The average molecular weight is 391 g/mol. The van der Waals surface area contributed by atoms with Gasteiger partial charge in [0.25, 0.3) is 0 Å². The van der Waals surface area contributed by atoms with E-state index < -0.39 is 0 Å². The van der Waals surface area contributed by atoms with Gasteiger partial charge < -0.3 is 10.4 Å². The molecule has 2 N–H and O–H groups in total. The molecule has 0 heterocycles. The summed E-state index contributed by atoms with van der Waals surface area (Å²) < 4.78 is 0. The van der Waals surface area contributed by atoms with Crippen LogP contribution in [0.3, 0.4) is 0 Å². The summed E-state index contributed by atoms with van der Waals surface area (Å²) in [5, 5.41) is 15.4. The van der Waals surface area contributed by atoms with Crippen LogP contribution in [-0.4, -0.2) is 5.11 Å². The summed E-state index contributed by atoms with van der Waals surface area (Å²) >= 11 is 0. The van der Waals surface area contributed by atoms with E-state index in [1.807, 2.05) is 24.3 Å². The summed E-state index contributed by atoms with van der Waals surface area (Å²) in [6.45, 7) is 7.42. The summed E-state index contributed by atoms with van der Waals surface area (Å²) in [6.07, 6.45) is 2.00. The quantitative estimate of drug-likeness (QED) is 0.440. The summed E-state index contributed by atoms with van der Waals surface area (Å²) in [6, 6.07) is 24.9. The van der Waals surface area contributed by atoms with Crippen LogP contribution in [0.1, 0.15) is 43.4 Å². The normalized spacial score (nSPS) is 11.8. The van der Waals surface area contributed by atoms with Crippen LogP contribution in [-0.2, 0) is 11.7 Å². The lowest BCUT2D eigenvalue weighted by atomic mass is 9.92. The van der Waals surface area contributed by atoms with E-state index in [0.717, 1.165) is 30.6 Å². The molecule has 0 spiro atoms. The molecule has 0 aromatic heterocycles. The minimum Gasteiger partial charge on any atom is -0.508 e. The molecule has 1 unspecified atom stereocenters. The van der Waals surface area contributed by atoms with Gasteiger partial charge in [0.2, 0.25) is 0 Å². The van der Waals surface area contributed by atoms with Gasteiger partial charge in [0.05, 0.1) is 0 Å². The van der Waals surface area contributed by atoms with Crippen LogP contribution in [0.25, 0.3) is 0 Å². The summed E-state index contributed by atoms with van der Waals surface area (Å²) in [5.74, 6) is 0.412. The third-order valence-electron chi connectivity index (χ3n) is 5.52. The van der Waals surface area contributed by atoms with E-state index in [0.29, 0.717) is 14.3 Å². The maximum absolute atomic E-state index is 10.5. The Morgan fingerprint density at radius 2 is 1.57 bits per heavy atom. The zero-order valence-corrected chi connectivity index (χ0v) is 18.0. The second-order valence-corrected chi connectivity index (χ2v) is 9.06. The van der Waals surface area contributed by atoms with E-state index >= 15 is 0 Å². The first-order chi connectivity index (χ1) is 13.6. The Morgan fingerprint density at radius 3 is 2.25 bits per heavy atom. The number of phenols is 1. The molecule has 0 aliphatic heterocycles. The highest BCUT2D eigenvalue weighted by Crippen LogP contribution is 2.50. The highest BCUT2D eigenvalue weighted by molar-refractivity contribution is 7.48. The van der Waals surface area contributed by atoms with Gasteiger partial charge in [-0.2, -0.15) is 0 Å². The molecule has 0 saturated carbocycles. The largest absolute Gasteiger partial charge is 0.508 e. The lowest BCUT2D eigenvalue weighted by Crippen LogP contribution is -2.23. The Labute approximate surface area is 170 Å². The van der Waals surface area contributed by atoms with Crippen molar-refractivity contribution in [2.45, 2.75) is 45.3 Å². The zero-order chi connectivity index (χ0) is 20.0. The average Bonchev–Trinajstić information content (AvgIpc) is 2.73. The van der Waals surface area contributed by atoms with Gasteiger partial charge in [-0.15, -0.1) is 0 Å². The zero-order valence-electron chi connectivity index (χ0n) is 17.0. The van der Waals surface area contributed by atoms with Gasteiger partial charge in [-0.25, -0.2) is 0 Å². The smallest absolute Gasteiger partial charge is 0.119 e. The molecule has 3 heteroatoms. The standard InChI is InChI=1S/C25H30NOP/c1-4-25(5-2,22-13-9-10-14-23(22)27)28-24-16-15-19(3)17-20(24)18-26-21-11-7-6-8-12-21/h6-17,26-28H,4-5,18H2,1-3H3. The number of phenolic OH excluding ortho intramolecular Hbond substituents is 1. The Hall–Kier alpha value is -2.31. The van der Waals surface area contributed by atoms with Crippen molar-refractivity contribution in [2.24, 2.45) is 0 Å². The lowest BCUT2D eigenvalue weighted by Gasteiger charge is -2.34. The molecule has 0 aliphatic rings. The number of hydrogen-bond acceptors (Lipinski definition) is 2. The van der Waals surface area contributed by atoms with Crippen LogP contribution in [0.4, 0.5) is 5.69 Å². The number of aromatic hydroxyl groups is 1. The van der Waals surface area contributed by atoms with Crippen molar-refractivity contribution in [1.82, 2.24) is 0 Å². The van der Waals surface area contributed by atoms with Crippen molar-refractivity contribution in [3.05, 3.63) is 89.5 Å². The number of rotatable bonds is 8. The van der Waals surface area contributed by atoms with Gasteiger partial charge in [-0.05, 0) is 48.8 Å². The number of para-hydroxylation sites is 2. The van der Waals surface area contributed by atoms with Gasteiger partial charge in [0, 0.05) is 23.0 Å². The van der Waals surface area contributed by atoms with Gasteiger partial charge in [-0.1, -0.05) is 82.6 Å². The molecule has 0 aliphatic carbocycles. The van der Waals surface area contributed by atoms with Crippen LogP contribution in [0.15, 0.2) is 72.8 Å². The summed E-state index contributed by atoms with van der Waals surface area (Å²) in [4.78, 5) is 0. The number of anilines is 1.